The second-order valence-corrected chi connectivity index (χ2v) is 6.94. The average molecular weight is 294 g/mol. The van der Waals surface area contributed by atoms with Crippen molar-refractivity contribution in [2.75, 3.05) is 0 Å². The van der Waals surface area contributed by atoms with Crippen molar-refractivity contribution in [1.29, 1.82) is 0 Å². The minimum Gasteiger partial charge on any atom is -0.343 e. The Hall–Kier alpha value is -1.06. The summed E-state index contributed by atoms with van der Waals surface area (Å²) in [6.45, 7) is 8.62. The van der Waals surface area contributed by atoms with Crippen molar-refractivity contribution in [2.24, 2.45) is 11.8 Å². The van der Waals surface area contributed by atoms with Crippen LogP contribution < -0.4 is 5.32 Å². The van der Waals surface area contributed by atoms with E-state index in [-0.39, 0.29) is 29.9 Å². The van der Waals surface area contributed by atoms with Gasteiger partial charge in [0.15, 0.2) is 0 Å². The first-order valence-electron chi connectivity index (χ1n) is 8.62. The molecule has 0 aromatic heterocycles. The Morgan fingerprint density at radius 3 is 2.43 bits per heavy atom. The van der Waals surface area contributed by atoms with Crippen molar-refractivity contribution in [3.63, 3.8) is 0 Å². The molecule has 1 aliphatic carbocycles. The number of hydrogen-bond donors (Lipinski definition) is 1. The molecule has 0 spiro atoms. The number of nitrogens with zero attached hydrogens (tertiary/aromatic N) is 1. The van der Waals surface area contributed by atoms with E-state index in [1.807, 2.05) is 11.8 Å². The second-order valence-electron chi connectivity index (χ2n) is 6.94. The van der Waals surface area contributed by atoms with Gasteiger partial charge in [0.1, 0.15) is 12.1 Å². The van der Waals surface area contributed by atoms with Crippen molar-refractivity contribution in [2.45, 2.75) is 84.3 Å². The fourth-order valence-corrected chi connectivity index (χ4v) is 3.86. The van der Waals surface area contributed by atoms with Crippen molar-refractivity contribution in [1.82, 2.24) is 10.2 Å². The van der Waals surface area contributed by atoms with Crippen molar-refractivity contribution in [3.05, 3.63) is 0 Å². The van der Waals surface area contributed by atoms with Crippen molar-refractivity contribution >= 4 is 11.8 Å². The van der Waals surface area contributed by atoms with E-state index in [1.165, 1.54) is 0 Å². The van der Waals surface area contributed by atoms with Gasteiger partial charge in [-0.15, -0.1) is 0 Å². The van der Waals surface area contributed by atoms with E-state index < -0.39 is 0 Å². The lowest BCUT2D eigenvalue weighted by Gasteiger charge is -2.46. The molecule has 1 saturated carbocycles. The number of piperazine rings is 1. The third kappa shape index (κ3) is 3.24. The Morgan fingerprint density at radius 1 is 1.14 bits per heavy atom. The lowest BCUT2D eigenvalue weighted by atomic mass is 9.77. The molecule has 1 aliphatic heterocycles. The summed E-state index contributed by atoms with van der Waals surface area (Å²) < 4.78 is 0. The van der Waals surface area contributed by atoms with Crippen LogP contribution in [0.5, 0.6) is 0 Å². The van der Waals surface area contributed by atoms with Gasteiger partial charge in [0.2, 0.25) is 11.8 Å². The van der Waals surface area contributed by atoms with Crippen LogP contribution in [-0.4, -0.2) is 34.8 Å². The molecule has 4 nitrogen and oxygen atoms in total. The van der Waals surface area contributed by atoms with Gasteiger partial charge in [-0.25, -0.2) is 0 Å². The highest BCUT2D eigenvalue weighted by Crippen LogP contribution is 2.34. The van der Waals surface area contributed by atoms with E-state index in [0.717, 1.165) is 38.0 Å². The summed E-state index contributed by atoms with van der Waals surface area (Å²) in [6, 6.07) is -0.324. The zero-order valence-corrected chi connectivity index (χ0v) is 13.9. The van der Waals surface area contributed by atoms with E-state index >= 15 is 0 Å². The van der Waals surface area contributed by atoms with Gasteiger partial charge >= 0.3 is 0 Å². The second kappa shape index (κ2) is 6.80. The number of nitrogens with one attached hydrogen (secondary N) is 1. The molecule has 0 aromatic rings. The molecule has 0 aromatic carbocycles. The first kappa shape index (κ1) is 16.3. The Labute approximate surface area is 128 Å². The average Bonchev–Trinajstić information content (AvgIpc) is 2.45. The number of amides is 2. The minimum absolute atomic E-state index is 0.0434. The number of hydrogen-bond acceptors (Lipinski definition) is 2. The van der Waals surface area contributed by atoms with Gasteiger partial charge < -0.3 is 10.2 Å². The molecule has 120 valence electrons. The number of carbonyl (C=O) groups excluding carboxylic acids is 2. The summed E-state index contributed by atoms with van der Waals surface area (Å²) in [5.74, 6) is 1.54. The smallest absolute Gasteiger partial charge is 0.246 e. The molecule has 5 unspecified atom stereocenters. The highest BCUT2D eigenvalue weighted by atomic mass is 16.2. The summed E-state index contributed by atoms with van der Waals surface area (Å²) in [5.41, 5.74) is 0. The van der Waals surface area contributed by atoms with Gasteiger partial charge in [-0.3, -0.25) is 9.59 Å². The largest absolute Gasteiger partial charge is 0.343 e. The molecule has 2 rings (SSSR count). The number of rotatable bonds is 4. The van der Waals surface area contributed by atoms with E-state index in [2.05, 4.69) is 26.1 Å². The van der Waals surface area contributed by atoms with Gasteiger partial charge in [-0.05, 0) is 43.9 Å². The molecule has 1 saturated heterocycles. The van der Waals surface area contributed by atoms with Gasteiger partial charge in [0.05, 0.1) is 0 Å². The van der Waals surface area contributed by atoms with Crippen LogP contribution in [0.1, 0.15) is 66.2 Å². The molecule has 2 fully saturated rings. The molecule has 1 N–H and O–H groups in total. The van der Waals surface area contributed by atoms with Crippen LogP contribution in [0.2, 0.25) is 0 Å². The summed E-state index contributed by atoms with van der Waals surface area (Å²) >= 11 is 0. The summed E-state index contributed by atoms with van der Waals surface area (Å²) in [4.78, 5) is 27.1. The van der Waals surface area contributed by atoms with Gasteiger partial charge in [0.25, 0.3) is 0 Å². The lowest BCUT2D eigenvalue weighted by Crippen LogP contribution is -2.66. The third-order valence-electron chi connectivity index (χ3n) is 5.44. The molecule has 5 atom stereocenters. The SMILES string of the molecule is CCCC1NC(=O)C(CC)N(C2CCC(C)C(C)C2)C1=O. The van der Waals surface area contributed by atoms with Crippen molar-refractivity contribution < 1.29 is 9.59 Å². The molecular formula is C17H30N2O2. The molecule has 0 radical (unpaired) electrons. The van der Waals surface area contributed by atoms with Crippen LogP contribution in [0.4, 0.5) is 0 Å². The predicted octanol–water partition coefficient (Wildman–Crippen LogP) is 2.72. The molecule has 2 aliphatic rings. The van der Waals surface area contributed by atoms with Gasteiger partial charge in [0, 0.05) is 6.04 Å². The molecule has 1 heterocycles. The highest BCUT2D eigenvalue weighted by Gasteiger charge is 2.43. The van der Waals surface area contributed by atoms with Crippen LogP contribution >= 0.6 is 0 Å². The zero-order valence-electron chi connectivity index (χ0n) is 13.9. The topological polar surface area (TPSA) is 49.4 Å². The first-order chi connectivity index (χ1) is 9.99. The predicted molar refractivity (Wildman–Crippen MR) is 83.7 cm³/mol. The summed E-state index contributed by atoms with van der Waals surface area (Å²) in [6.07, 6.45) is 5.61. The standard InChI is InChI=1S/C17H30N2O2/c1-5-7-14-17(21)19(15(6-2)16(20)18-14)13-9-8-11(3)12(4)10-13/h11-15H,5-10H2,1-4H3,(H,18,20). The van der Waals surface area contributed by atoms with Crippen LogP contribution in [0, 0.1) is 11.8 Å². The monoisotopic (exact) mass is 294 g/mol. The van der Waals surface area contributed by atoms with Gasteiger partial charge in [-0.1, -0.05) is 34.1 Å². The fourth-order valence-electron chi connectivity index (χ4n) is 3.86. The zero-order chi connectivity index (χ0) is 15.6. The maximum atomic E-state index is 12.8. The van der Waals surface area contributed by atoms with Crippen LogP contribution in [0.15, 0.2) is 0 Å². The summed E-state index contributed by atoms with van der Waals surface area (Å²) in [5, 5.41) is 2.93. The first-order valence-corrected chi connectivity index (χ1v) is 8.62. The Kier molecular flexibility index (Phi) is 5.28. The highest BCUT2D eigenvalue weighted by molar-refractivity contribution is 5.97. The van der Waals surface area contributed by atoms with Crippen molar-refractivity contribution in [3.8, 4) is 0 Å². The fraction of sp³-hybridized carbons (Fsp3) is 0.882. The quantitative estimate of drug-likeness (QED) is 0.866. The lowest BCUT2D eigenvalue weighted by molar-refractivity contribution is -0.154. The van der Waals surface area contributed by atoms with Crippen LogP contribution in [-0.2, 0) is 9.59 Å². The molecular weight excluding hydrogens is 264 g/mol. The van der Waals surface area contributed by atoms with Crippen LogP contribution in [0.3, 0.4) is 0 Å². The molecule has 0 bridgehead atoms. The molecule has 4 heteroatoms. The Bertz CT molecular complexity index is 396. The summed E-state index contributed by atoms with van der Waals surface area (Å²) in [7, 11) is 0. The Balaban J connectivity index is 2.19. The molecule has 2 amide bonds. The maximum absolute atomic E-state index is 12.8. The Morgan fingerprint density at radius 2 is 1.86 bits per heavy atom. The minimum atomic E-state index is -0.306. The van der Waals surface area contributed by atoms with Gasteiger partial charge in [-0.2, -0.15) is 0 Å². The van der Waals surface area contributed by atoms with E-state index in [1.54, 1.807) is 0 Å². The normalized spacial score (nSPS) is 37.5. The maximum Gasteiger partial charge on any atom is 0.246 e. The third-order valence-corrected chi connectivity index (χ3v) is 5.44. The van der Waals surface area contributed by atoms with E-state index in [0.29, 0.717) is 12.3 Å². The van der Waals surface area contributed by atoms with E-state index in [9.17, 15) is 9.59 Å². The molecule has 21 heavy (non-hydrogen) atoms. The van der Waals surface area contributed by atoms with Crippen LogP contribution in [0.25, 0.3) is 0 Å². The van der Waals surface area contributed by atoms with E-state index in [4.69, 9.17) is 0 Å². The number of carbonyl (C=O) groups is 2.